The molecule has 0 aliphatic rings. The fourth-order valence-corrected chi connectivity index (χ4v) is 3.79. The van der Waals surface area contributed by atoms with Gasteiger partial charge in [-0.2, -0.15) is 8.75 Å². The molecule has 0 fully saturated rings. The summed E-state index contributed by atoms with van der Waals surface area (Å²) >= 11 is 1.02. The van der Waals surface area contributed by atoms with Gasteiger partial charge in [-0.3, -0.25) is 4.79 Å². The Morgan fingerprint density at radius 2 is 1.79 bits per heavy atom. The predicted molar refractivity (Wildman–Crippen MR) is 127 cm³/mol. The highest BCUT2D eigenvalue weighted by atomic mass is 32.1. The van der Waals surface area contributed by atoms with E-state index in [0.29, 0.717) is 28.6 Å². The molecule has 4 rings (SSSR count). The highest BCUT2D eigenvalue weighted by Crippen LogP contribution is 2.35. The molecule has 172 valence electrons. The first kappa shape index (κ1) is 22.5. The summed E-state index contributed by atoms with van der Waals surface area (Å²) in [5, 5.41) is 17.3. The number of amides is 1. The number of furan rings is 1. The standard InChI is InChI=1S/C22H25N7O3S/c1-11(2)16(15-10-9-12(3)32-15)24-19-18(25-20-21(26-19)28-33-27-20)23-14-8-6-7-13(17(14)30)22(31)29(4)5/h6-11,16,30H,1-5H3,(H,23,25,27)(H,24,26,28)/t16-/m1/s1. The average Bonchev–Trinajstić information content (AvgIpc) is 3.40. The van der Waals surface area contributed by atoms with Gasteiger partial charge in [0.1, 0.15) is 11.5 Å². The van der Waals surface area contributed by atoms with E-state index in [-0.39, 0.29) is 29.2 Å². The zero-order valence-electron chi connectivity index (χ0n) is 18.9. The highest BCUT2D eigenvalue weighted by Gasteiger charge is 2.24. The number of aromatic hydroxyl groups is 1. The van der Waals surface area contributed by atoms with Crippen molar-refractivity contribution in [2.75, 3.05) is 24.7 Å². The number of rotatable bonds is 7. The normalized spacial score (nSPS) is 12.2. The summed E-state index contributed by atoms with van der Waals surface area (Å²) in [5.41, 5.74) is 1.28. The molecule has 0 aliphatic carbocycles. The number of nitrogens with zero attached hydrogens (tertiary/aromatic N) is 5. The Balaban J connectivity index is 1.75. The van der Waals surface area contributed by atoms with Crippen molar-refractivity contribution in [3.63, 3.8) is 0 Å². The Bertz CT molecular complexity index is 1300. The van der Waals surface area contributed by atoms with Gasteiger partial charge in [0, 0.05) is 14.1 Å². The molecular weight excluding hydrogens is 442 g/mol. The van der Waals surface area contributed by atoms with Crippen LogP contribution < -0.4 is 10.6 Å². The lowest BCUT2D eigenvalue weighted by molar-refractivity contribution is 0.0824. The third-order valence-electron chi connectivity index (χ3n) is 5.07. The van der Waals surface area contributed by atoms with Gasteiger partial charge < -0.3 is 25.1 Å². The smallest absolute Gasteiger partial charge is 0.257 e. The summed E-state index contributed by atoms with van der Waals surface area (Å²) in [6.45, 7) is 6.04. The summed E-state index contributed by atoms with van der Waals surface area (Å²) in [4.78, 5) is 23.0. The molecule has 0 radical (unpaired) electrons. The molecule has 33 heavy (non-hydrogen) atoms. The second kappa shape index (κ2) is 9.02. The van der Waals surface area contributed by atoms with Crippen molar-refractivity contribution >= 4 is 46.3 Å². The number of phenols is 1. The third-order valence-corrected chi connectivity index (χ3v) is 5.58. The molecular formula is C22H25N7O3S. The van der Waals surface area contributed by atoms with Crippen molar-refractivity contribution in [3.8, 4) is 5.75 Å². The Morgan fingerprint density at radius 3 is 2.39 bits per heavy atom. The first-order valence-electron chi connectivity index (χ1n) is 10.4. The van der Waals surface area contributed by atoms with Crippen LogP contribution in [0.4, 0.5) is 17.3 Å². The molecule has 1 aromatic carbocycles. The zero-order valence-corrected chi connectivity index (χ0v) is 19.8. The summed E-state index contributed by atoms with van der Waals surface area (Å²) in [6.07, 6.45) is 0. The first-order chi connectivity index (χ1) is 15.7. The van der Waals surface area contributed by atoms with Gasteiger partial charge in [0.25, 0.3) is 5.91 Å². The number of anilines is 3. The van der Waals surface area contributed by atoms with Crippen molar-refractivity contribution in [2.45, 2.75) is 26.8 Å². The van der Waals surface area contributed by atoms with Crippen molar-refractivity contribution in [2.24, 2.45) is 5.92 Å². The van der Waals surface area contributed by atoms with E-state index in [0.717, 1.165) is 23.2 Å². The van der Waals surface area contributed by atoms with Gasteiger partial charge in [0.2, 0.25) is 11.3 Å². The maximum absolute atomic E-state index is 12.4. The van der Waals surface area contributed by atoms with E-state index >= 15 is 0 Å². The van der Waals surface area contributed by atoms with Crippen LogP contribution in [0, 0.1) is 12.8 Å². The predicted octanol–water partition coefficient (Wildman–Crippen LogP) is 4.34. The molecule has 11 heteroatoms. The number of benzene rings is 1. The van der Waals surface area contributed by atoms with E-state index in [1.807, 2.05) is 19.1 Å². The van der Waals surface area contributed by atoms with E-state index < -0.39 is 0 Å². The summed E-state index contributed by atoms with van der Waals surface area (Å²) in [6, 6.07) is 8.56. The average molecular weight is 468 g/mol. The molecule has 0 aliphatic heterocycles. The molecule has 3 aromatic heterocycles. The largest absolute Gasteiger partial charge is 0.505 e. The monoisotopic (exact) mass is 467 g/mol. The topological polar surface area (TPSA) is 129 Å². The van der Waals surface area contributed by atoms with Gasteiger partial charge in [0.15, 0.2) is 17.4 Å². The SMILES string of the molecule is Cc1ccc([C@H](Nc2nc3nsnc3nc2Nc2cccc(C(=O)N(C)C)c2O)C(C)C)o1. The quantitative estimate of drug-likeness (QED) is 0.340. The number of aromatic nitrogens is 4. The Morgan fingerprint density at radius 1 is 1.09 bits per heavy atom. The molecule has 0 bridgehead atoms. The van der Waals surface area contributed by atoms with Crippen LogP contribution in [0.1, 0.15) is 41.8 Å². The maximum Gasteiger partial charge on any atom is 0.257 e. The number of hydrogen-bond acceptors (Lipinski definition) is 10. The molecule has 4 aromatic rings. The van der Waals surface area contributed by atoms with Gasteiger partial charge in [-0.05, 0) is 37.1 Å². The number of para-hydroxylation sites is 1. The van der Waals surface area contributed by atoms with Crippen LogP contribution in [0.15, 0.2) is 34.7 Å². The maximum atomic E-state index is 12.4. The van der Waals surface area contributed by atoms with Gasteiger partial charge in [0.05, 0.1) is 29.0 Å². The minimum atomic E-state index is -0.312. The fourth-order valence-electron chi connectivity index (χ4n) is 3.35. The van der Waals surface area contributed by atoms with Gasteiger partial charge in [-0.15, -0.1) is 0 Å². The van der Waals surface area contributed by atoms with E-state index in [2.05, 4.69) is 43.2 Å². The zero-order chi connectivity index (χ0) is 23.7. The van der Waals surface area contributed by atoms with Crippen LogP contribution in [-0.4, -0.2) is 48.7 Å². The minimum absolute atomic E-state index is 0.170. The van der Waals surface area contributed by atoms with Crippen molar-refractivity contribution < 1.29 is 14.3 Å². The van der Waals surface area contributed by atoms with E-state index in [4.69, 9.17) is 4.42 Å². The number of nitrogens with one attached hydrogen (secondary N) is 2. The van der Waals surface area contributed by atoms with Gasteiger partial charge in [-0.1, -0.05) is 19.9 Å². The lowest BCUT2D eigenvalue weighted by Gasteiger charge is -2.22. The molecule has 0 spiro atoms. The number of hydrogen-bond donors (Lipinski definition) is 3. The number of aryl methyl sites for hydroxylation is 1. The number of carbonyl (C=O) groups excluding carboxylic acids is 1. The summed E-state index contributed by atoms with van der Waals surface area (Å²) in [5.74, 6) is 2.03. The third kappa shape index (κ3) is 4.58. The van der Waals surface area contributed by atoms with Crippen molar-refractivity contribution in [3.05, 3.63) is 47.4 Å². The van der Waals surface area contributed by atoms with E-state index in [1.165, 1.54) is 4.90 Å². The lowest BCUT2D eigenvalue weighted by atomic mass is 10.0. The molecule has 10 nitrogen and oxygen atoms in total. The van der Waals surface area contributed by atoms with Crippen molar-refractivity contribution in [1.29, 1.82) is 0 Å². The Labute approximate surface area is 195 Å². The van der Waals surface area contributed by atoms with E-state index in [9.17, 15) is 9.90 Å². The summed E-state index contributed by atoms with van der Waals surface area (Å²) in [7, 11) is 3.25. The van der Waals surface area contributed by atoms with Crippen LogP contribution in [0.3, 0.4) is 0 Å². The van der Waals surface area contributed by atoms with Crippen LogP contribution in [-0.2, 0) is 0 Å². The van der Waals surface area contributed by atoms with Gasteiger partial charge >= 0.3 is 0 Å². The van der Waals surface area contributed by atoms with Crippen molar-refractivity contribution in [1.82, 2.24) is 23.6 Å². The molecule has 3 N–H and O–H groups in total. The summed E-state index contributed by atoms with van der Waals surface area (Å²) < 4.78 is 14.2. The number of carbonyl (C=O) groups is 1. The molecule has 1 amide bonds. The Hall–Kier alpha value is -3.73. The number of phenolic OH excluding ortho intramolecular Hbond substituents is 1. The molecule has 1 atom stereocenters. The second-order valence-electron chi connectivity index (χ2n) is 8.17. The van der Waals surface area contributed by atoms with Crippen LogP contribution >= 0.6 is 11.7 Å². The number of fused-ring (bicyclic) bond motifs is 1. The first-order valence-corrected chi connectivity index (χ1v) is 11.1. The molecule has 0 saturated heterocycles. The molecule has 3 heterocycles. The van der Waals surface area contributed by atoms with Crippen LogP contribution in [0.5, 0.6) is 5.75 Å². The van der Waals surface area contributed by atoms with Crippen LogP contribution in [0.2, 0.25) is 0 Å². The lowest BCUT2D eigenvalue weighted by Crippen LogP contribution is -2.22. The van der Waals surface area contributed by atoms with Gasteiger partial charge in [-0.25, -0.2) is 9.97 Å². The second-order valence-corrected chi connectivity index (χ2v) is 8.70. The molecule has 0 saturated carbocycles. The highest BCUT2D eigenvalue weighted by molar-refractivity contribution is 6.99. The van der Waals surface area contributed by atoms with Crippen LogP contribution in [0.25, 0.3) is 11.3 Å². The fraction of sp³-hybridized carbons (Fsp3) is 0.318. The molecule has 0 unspecified atom stereocenters. The van der Waals surface area contributed by atoms with E-state index in [1.54, 1.807) is 32.3 Å². The Kier molecular flexibility index (Phi) is 6.14. The minimum Gasteiger partial charge on any atom is -0.505 e.